The van der Waals surface area contributed by atoms with Gasteiger partial charge in [-0.25, -0.2) is 0 Å². The van der Waals surface area contributed by atoms with Crippen molar-refractivity contribution < 1.29 is 14.6 Å². The molecule has 0 radical (unpaired) electrons. The van der Waals surface area contributed by atoms with Gasteiger partial charge in [-0.3, -0.25) is 9.69 Å². The van der Waals surface area contributed by atoms with E-state index < -0.39 is 0 Å². The van der Waals surface area contributed by atoms with Crippen molar-refractivity contribution in [2.45, 2.75) is 45.7 Å². The molecule has 0 saturated carbocycles. The van der Waals surface area contributed by atoms with Gasteiger partial charge in [0, 0.05) is 26.2 Å². The molecule has 108 valence electrons. The second-order valence-corrected chi connectivity index (χ2v) is 4.63. The zero-order valence-corrected chi connectivity index (χ0v) is 12.1. The number of hydrogen-bond donors (Lipinski definition) is 2. The molecule has 0 spiro atoms. The summed E-state index contributed by atoms with van der Waals surface area (Å²) in [5, 5.41) is 12.0. The summed E-state index contributed by atoms with van der Waals surface area (Å²) in [6.45, 7) is 7.71. The third kappa shape index (κ3) is 6.93. The Morgan fingerprint density at radius 3 is 2.56 bits per heavy atom. The van der Waals surface area contributed by atoms with Crippen molar-refractivity contribution >= 4 is 5.91 Å². The molecular weight excluding hydrogens is 232 g/mol. The Morgan fingerprint density at radius 1 is 1.39 bits per heavy atom. The van der Waals surface area contributed by atoms with Crippen LogP contribution in [-0.2, 0) is 9.53 Å². The summed E-state index contributed by atoms with van der Waals surface area (Å²) in [4.78, 5) is 14.0. The summed E-state index contributed by atoms with van der Waals surface area (Å²) in [5.74, 6) is 0.0144. The lowest BCUT2D eigenvalue weighted by Crippen LogP contribution is -2.49. The van der Waals surface area contributed by atoms with Gasteiger partial charge in [-0.15, -0.1) is 0 Å². The maximum Gasteiger partial charge on any atom is 0.237 e. The van der Waals surface area contributed by atoms with E-state index >= 15 is 0 Å². The topological polar surface area (TPSA) is 61.8 Å². The number of methoxy groups -OCH3 is 1. The van der Waals surface area contributed by atoms with Gasteiger partial charge in [-0.1, -0.05) is 13.3 Å². The number of aliphatic hydroxyl groups excluding tert-OH is 1. The van der Waals surface area contributed by atoms with Crippen LogP contribution >= 0.6 is 0 Å². The number of nitrogens with zero attached hydrogens (tertiary/aromatic N) is 1. The fourth-order valence-electron chi connectivity index (χ4n) is 1.87. The quantitative estimate of drug-likeness (QED) is 0.604. The minimum absolute atomic E-state index is 0.0144. The lowest BCUT2D eigenvalue weighted by Gasteiger charge is -2.28. The summed E-state index contributed by atoms with van der Waals surface area (Å²) in [6, 6.07) is -0.0463. The number of carbonyl (C=O) groups is 1. The highest BCUT2D eigenvalue weighted by Crippen LogP contribution is 2.02. The molecule has 0 saturated heterocycles. The molecule has 0 aromatic heterocycles. The van der Waals surface area contributed by atoms with Gasteiger partial charge in [-0.05, 0) is 20.3 Å². The van der Waals surface area contributed by atoms with Gasteiger partial charge in [0.25, 0.3) is 0 Å². The summed E-state index contributed by atoms with van der Waals surface area (Å²) >= 11 is 0. The first-order valence-corrected chi connectivity index (χ1v) is 6.71. The van der Waals surface area contributed by atoms with Gasteiger partial charge in [0.15, 0.2) is 0 Å². The van der Waals surface area contributed by atoms with Gasteiger partial charge in [0.05, 0.1) is 19.3 Å². The molecule has 2 atom stereocenters. The predicted molar refractivity (Wildman–Crippen MR) is 72.5 cm³/mol. The van der Waals surface area contributed by atoms with Gasteiger partial charge in [0.1, 0.15) is 0 Å². The molecule has 2 unspecified atom stereocenters. The lowest BCUT2D eigenvalue weighted by molar-refractivity contribution is -0.126. The molecule has 0 aromatic rings. The predicted octanol–water partition coefficient (Wildman–Crippen LogP) is 0.620. The number of rotatable bonds is 10. The Morgan fingerprint density at radius 2 is 2.06 bits per heavy atom. The summed E-state index contributed by atoms with van der Waals surface area (Å²) in [5.41, 5.74) is 0. The molecule has 0 aliphatic carbocycles. The molecular formula is C13H28N2O3. The van der Waals surface area contributed by atoms with Crippen LogP contribution in [0.5, 0.6) is 0 Å². The van der Waals surface area contributed by atoms with Crippen LogP contribution in [0, 0.1) is 0 Å². The summed E-state index contributed by atoms with van der Waals surface area (Å²) in [6.07, 6.45) is 2.04. The molecule has 0 heterocycles. The van der Waals surface area contributed by atoms with E-state index in [2.05, 4.69) is 12.2 Å². The third-order valence-corrected chi connectivity index (χ3v) is 3.01. The van der Waals surface area contributed by atoms with Gasteiger partial charge < -0.3 is 15.2 Å². The smallest absolute Gasteiger partial charge is 0.237 e. The monoisotopic (exact) mass is 260 g/mol. The van der Waals surface area contributed by atoms with Crippen molar-refractivity contribution in [1.29, 1.82) is 0 Å². The SMILES string of the molecule is CCCC(C)NC(=O)C(C)N(CCO)CCOC. The van der Waals surface area contributed by atoms with Gasteiger partial charge in [0.2, 0.25) is 5.91 Å². The molecule has 0 bridgehead atoms. The van der Waals surface area contributed by atoms with Crippen LogP contribution in [0.4, 0.5) is 0 Å². The van der Waals surface area contributed by atoms with Crippen molar-refractivity contribution in [3.05, 3.63) is 0 Å². The standard InChI is InChI=1S/C13H28N2O3/c1-5-6-11(2)14-13(17)12(3)15(7-9-16)8-10-18-4/h11-12,16H,5-10H2,1-4H3,(H,14,17). The second-order valence-electron chi connectivity index (χ2n) is 4.63. The highest BCUT2D eigenvalue weighted by atomic mass is 16.5. The minimum Gasteiger partial charge on any atom is -0.395 e. The van der Waals surface area contributed by atoms with Gasteiger partial charge >= 0.3 is 0 Å². The van der Waals surface area contributed by atoms with E-state index in [1.165, 1.54) is 0 Å². The van der Waals surface area contributed by atoms with E-state index in [-0.39, 0.29) is 24.6 Å². The van der Waals surface area contributed by atoms with Crippen molar-refractivity contribution in [2.75, 3.05) is 33.4 Å². The first kappa shape index (κ1) is 17.4. The van der Waals surface area contributed by atoms with Crippen molar-refractivity contribution in [1.82, 2.24) is 10.2 Å². The minimum atomic E-state index is -0.244. The molecule has 0 aromatic carbocycles. The number of amides is 1. The van der Waals surface area contributed by atoms with Crippen LogP contribution in [0.15, 0.2) is 0 Å². The molecule has 0 aliphatic rings. The molecule has 5 nitrogen and oxygen atoms in total. The van der Waals surface area contributed by atoms with E-state index in [1.54, 1.807) is 7.11 Å². The lowest BCUT2D eigenvalue weighted by atomic mass is 10.1. The van der Waals surface area contributed by atoms with E-state index in [4.69, 9.17) is 9.84 Å². The number of aliphatic hydroxyl groups is 1. The Labute approximate surface area is 110 Å². The fraction of sp³-hybridized carbons (Fsp3) is 0.923. The Hall–Kier alpha value is -0.650. The number of nitrogens with one attached hydrogen (secondary N) is 1. The Kier molecular flexibility index (Phi) is 9.92. The molecule has 0 fully saturated rings. The van der Waals surface area contributed by atoms with Crippen molar-refractivity contribution in [3.63, 3.8) is 0 Å². The Balaban J connectivity index is 4.26. The molecule has 2 N–H and O–H groups in total. The van der Waals surface area contributed by atoms with Crippen LogP contribution in [0.25, 0.3) is 0 Å². The van der Waals surface area contributed by atoms with Crippen LogP contribution in [-0.4, -0.2) is 61.4 Å². The maximum atomic E-state index is 12.0. The maximum absolute atomic E-state index is 12.0. The molecule has 5 heteroatoms. The zero-order chi connectivity index (χ0) is 14.0. The first-order valence-electron chi connectivity index (χ1n) is 6.71. The highest BCUT2D eigenvalue weighted by Gasteiger charge is 2.21. The van der Waals surface area contributed by atoms with E-state index in [1.807, 2.05) is 18.7 Å². The molecule has 18 heavy (non-hydrogen) atoms. The largest absolute Gasteiger partial charge is 0.395 e. The van der Waals surface area contributed by atoms with Crippen molar-refractivity contribution in [3.8, 4) is 0 Å². The Bertz CT molecular complexity index is 224. The van der Waals surface area contributed by atoms with Crippen LogP contribution in [0.1, 0.15) is 33.6 Å². The molecule has 1 amide bonds. The third-order valence-electron chi connectivity index (χ3n) is 3.01. The first-order chi connectivity index (χ1) is 8.56. The number of ether oxygens (including phenoxy) is 1. The average molecular weight is 260 g/mol. The summed E-state index contributed by atoms with van der Waals surface area (Å²) < 4.78 is 5.01. The molecule has 0 rings (SSSR count). The fourth-order valence-corrected chi connectivity index (χ4v) is 1.87. The number of hydrogen-bond acceptors (Lipinski definition) is 4. The van der Waals surface area contributed by atoms with Crippen LogP contribution in [0.2, 0.25) is 0 Å². The van der Waals surface area contributed by atoms with Gasteiger partial charge in [-0.2, -0.15) is 0 Å². The average Bonchev–Trinajstić information content (AvgIpc) is 2.33. The van der Waals surface area contributed by atoms with E-state index in [9.17, 15) is 4.79 Å². The normalized spacial score (nSPS) is 14.6. The number of carbonyl (C=O) groups excluding carboxylic acids is 1. The highest BCUT2D eigenvalue weighted by molar-refractivity contribution is 5.81. The van der Waals surface area contributed by atoms with Crippen molar-refractivity contribution in [2.24, 2.45) is 0 Å². The van der Waals surface area contributed by atoms with Crippen LogP contribution < -0.4 is 5.32 Å². The van der Waals surface area contributed by atoms with Crippen LogP contribution in [0.3, 0.4) is 0 Å². The van der Waals surface area contributed by atoms with E-state index in [0.29, 0.717) is 19.7 Å². The zero-order valence-electron chi connectivity index (χ0n) is 12.1. The summed E-state index contributed by atoms with van der Waals surface area (Å²) in [7, 11) is 1.63. The second kappa shape index (κ2) is 10.3. The van der Waals surface area contributed by atoms with E-state index in [0.717, 1.165) is 12.8 Å². The molecule has 0 aliphatic heterocycles.